The van der Waals surface area contributed by atoms with Crippen LogP contribution in [0.15, 0.2) is 11.6 Å². The van der Waals surface area contributed by atoms with Crippen LogP contribution in [0.4, 0.5) is 0 Å². The van der Waals surface area contributed by atoms with Gasteiger partial charge in [-0.15, -0.1) is 0 Å². The third-order valence-corrected chi connectivity index (χ3v) is 8.95. The largest absolute Gasteiger partial charge is 0.377 e. The third kappa shape index (κ3) is 2.92. The Kier molecular flexibility index (Phi) is 5.08. The van der Waals surface area contributed by atoms with Crippen LogP contribution in [0.2, 0.25) is 0 Å². The van der Waals surface area contributed by atoms with E-state index < -0.39 is 5.60 Å². The summed E-state index contributed by atoms with van der Waals surface area (Å²) in [5.74, 6) is 6.18. The van der Waals surface area contributed by atoms with Crippen LogP contribution in [0.5, 0.6) is 0 Å². The molecule has 4 aliphatic carbocycles. The molecule has 0 saturated heterocycles. The van der Waals surface area contributed by atoms with Gasteiger partial charge in [0.15, 0.2) is 0 Å². The summed E-state index contributed by atoms with van der Waals surface area (Å²) < 4.78 is 0. The molecule has 0 amide bonds. The molecule has 0 aromatic carbocycles. The second-order valence-corrected chi connectivity index (χ2v) is 10.0. The predicted molar refractivity (Wildman–Crippen MR) is 108 cm³/mol. The number of halogens is 2. The first kappa shape index (κ1) is 19.0. The number of aliphatic hydroxyl groups is 1. The van der Waals surface area contributed by atoms with Gasteiger partial charge in [-0.2, -0.15) is 0 Å². The highest BCUT2D eigenvalue weighted by atomic mass is 79.9. The number of fused-ring (bicyclic) bond motifs is 5. The van der Waals surface area contributed by atoms with Crippen LogP contribution < -0.4 is 0 Å². The highest BCUT2D eigenvalue weighted by molar-refractivity contribution is 9.09. The summed E-state index contributed by atoms with van der Waals surface area (Å²) in [5, 5.41) is 13.6. The molecule has 26 heavy (non-hydrogen) atoms. The maximum atomic E-state index is 12.5. The second-order valence-electron chi connectivity index (χ2n) is 9.30. The molecule has 0 aromatic rings. The fourth-order valence-corrected chi connectivity index (χ4v) is 7.68. The van der Waals surface area contributed by atoms with E-state index in [2.05, 4.69) is 40.2 Å². The molecule has 4 rings (SSSR count). The van der Waals surface area contributed by atoms with Crippen LogP contribution in [-0.2, 0) is 4.79 Å². The van der Waals surface area contributed by atoms with Gasteiger partial charge in [0.05, 0.1) is 5.33 Å². The number of ketones is 1. The van der Waals surface area contributed by atoms with Crippen molar-refractivity contribution < 1.29 is 9.90 Å². The molecule has 3 fully saturated rings. The normalized spacial score (nSPS) is 46.9. The molecule has 2 nitrogen and oxygen atoms in total. The van der Waals surface area contributed by atoms with Gasteiger partial charge in [0.2, 0.25) is 0 Å². The number of carbonyl (C=O) groups excluding carboxylic acids is 1. The molecule has 0 bridgehead atoms. The molecule has 7 atom stereocenters. The van der Waals surface area contributed by atoms with E-state index in [0.29, 0.717) is 35.3 Å². The zero-order valence-electron chi connectivity index (χ0n) is 15.4. The lowest BCUT2D eigenvalue weighted by Gasteiger charge is -2.54. The van der Waals surface area contributed by atoms with E-state index in [4.69, 9.17) is 11.6 Å². The van der Waals surface area contributed by atoms with Crippen molar-refractivity contribution in [1.29, 1.82) is 0 Å². The Hall–Kier alpha value is -0.300. The number of rotatable bonds is 2. The van der Waals surface area contributed by atoms with Gasteiger partial charge in [-0.1, -0.05) is 40.4 Å². The molecular weight excluding hydrogens is 412 g/mol. The highest BCUT2D eigenvalue weighted by Gasteiger charge is 2.57. The first-order valence-corrected chi connectivity index (χ1v) is 11.5. The van der Waals surface area contributed by atoms with Crippen LogP contribution in [0.25, 0.3) is 0 Å². The van der Waals surface area contributed by atoms with Gasteiger partial charge in [0.1, 0.15) is 11.4 Å². The van der Waals surface area contributed by atoms with Gasteiger partial charge < -0.3 is 5.11 Å². The number of carbonyl (C=O) groups is 1. The Balaban J connectivity index is 1.57. The number of hydrogen-bond donors (Lipinski definition) is 1. The Bertz CT molecular complexity index is 692. The minimum absolute atomic E-state index is 0.191. The summed E-state index contributed by atoms with van der Waals surface area (Å²) in [6, 6.07) is 0. The lowest BCUT2D eigenvalue weighted by atomic mass is 9.51. The second kappa shape index (κ2) is 6.94. The monoisotopic (exact) mass is 438 g/mol. The van der Waals surface area contributed by atoms with Crippen molar-refractivity contribution in [2.75, 3.05) is 5.33 Å². The molecule has 0 heterocycles. The minimum Gasteiger partial charge on any atom is -0.377 e. The van der Waals surface area contributed by atoms with E-state index >= 15 is 0 Å². The Morgan fingerprint density at radius 2 is 2.12 bits per heavy atom. The lowest BCUT2D eigenvalue weighted by molar-refractivity contribution is -0.126. The van der Waals surface area contributed by atoms with Crippen molar-refractivity contribution in [2.45, 2.75) is 63.9 Å². The first-order valence-electron chi connectivity index (χ1n) is 10.0. The molecule has 4 aliphatic rings. The summed E-state index contributed by atoms with van der Waals surface area (Å²) in [4.78, 5) is 12.5. The highest BCUT2D eigenvalue weighted by Crippen LogP contribution is 2.63. The minimum atomic E-state index is -0.930. The molecule has 0 aliphatic heterocycles. The van der Waals surface area contributed by atoms with Gasteiger partial charge in [0, 0.05) is 17.7 Å². The Morgan fingerprint density at radius 1 is 1.31 bits per heavy atom. The van der Waals surface area contributed by atoms with E-state index in [0.717, 1.165) is 31.6 Å². The van der Waals surface area contributed by atoms with E-state index in [-0.39, 0.29) is 11.3 Å². The molecule has 4 heteroatoms. The van der Waals surface area contributed by atoms with Gasteiger partial charge in [-0.05, 0) is 85.6 Å². The Labute approximate surface area is 170 Å². The van der Waals surface area contributed by atoms with Crippen molar-refractivity contribution in [3.05, 3.63) is 11.6 Å². The summed E-state index contributed by atoms with van der Waals surface area (Å²) in [7, 11) is 0. The zero-order chi connectivity index (χ0) is 18.5. The standard InChI is InChI=1S/C22H28BrClO2/c1-21-8-6-16-15-7-9-22(26,10-11-24)12-14(15)2-3-17(16)18(21)4-5-19(21)20(25)13-23/h2,15-19,26H,3-9,12-13H2,1H3. The van der Waals surface area contributed by atoms with Crippen LogP contribution in [0, 0.1) is 46.3 Å². The summed E-state index contributed by atoms with van der Waals surface area (Å²) in [6.45, 7) is 2.39. The van der Waals surface area contributed by atoms with Crippen molar-refractivity contribution >= 4 is 33.3 Å². The van der Waals surface area contributed by atoms with Gasteiger partial charge in [-0.3, -0.25) is 4.79 Å². The third-order valence-electron chi connectivity index (χ3n) is 8.30. The molecule has 3 saturated carbocycles. The van der Waals surface area contributed by atoms with E-state index in [1.165, 1.54) is 24.8 Å². The van der Waals surface area contributed by atoms with Crippen LogP contribution in [0.1, 0.15) is 58.3 Å². The fraction of sp³-hybridized carbons (Fsp3) is 0.773. The van der Waals surface area contributed by atoms with E-state index in [9.17, 15) is 9.90 Å². The van der Waals surface area contributed by atoms with E-state index in [1.54, 1.807) is 0 Å². The average Bonchev–Trinajstić information content (AvgIpc) is 2.98. The molecule has 142 valence electrons. The van der Waals surface area contributed by atoms with Crippen molar-refractivity contribution in [1.82, 2.24) is 0 Å². The maximum absolute atomic E-state index is 12.5. The van der Waals surface area contributed by atoms with Crippen LogP contribution >= 0.6 is 27.5 Å². The number of Topliss-reactive ketones (excluding diaryl/α,β-unsaturated/α-hetero) is 1. The zero-order valence-corrected chi connectivity index (χ0v) is 17.8. The van der Waals surface area contributed by atoms with Crippen LogP contribution in [-0.4, -0.2) is 21.8 Å². The lowest BCUT2D eigenvalue weighted by Crippen LogP contribution is -2.48. The average molecular weight is 440 g/mol. The number of hydrogen-bond acceptors (Lipinski definition) is 2. The molecule has 0 aromatic heterocycles. The molecule has 7 unspecified atom stereocenters. The number of alkyl halides is 1. The molecule has 0 radical (unpaired) electrons. The van der Waals surface area contributed by atoms with Crippen molar-refractivity contribution in [2.24, 2.45) is 35.0 Å². The van der Waals surface area contributed by atoms with Gasteiger partial charge in [0.25, 0.3) is 0 Å². The molecule has 0 spiro atoms. The summed E-state index contributed by atoms with van der Waals surface area (Å²) in [6.07, 6.45) is 10.6. The van der Waals surface area contributed by atoms with Gasteiger partial charge >= 0.3 is 0 Å². The quantitative estimate of drug-likeness (QED) is 0.370. The van der Waals surface area contributed by atoms with Gasteiger partial charge in [-0.25, -0.2) is 0 Å². The van der Waals surface area contributed by atoms with E-state index in [1.807, 2.05) is 0 Å². The van der Waals surface area contributed by atoms with Crippen molar-refractivity contribution in [3.8, 4) is 11.3 Å². The fourth-order valence-electron chi connectivity index (χ4n) is 7.11. The molecule has 1 N–H and O–H groups in total. The number of allylic oxidation sites excluding steroid dienone is 1. The topological polar surface area (TPSA) is 37.3 Å². The van der Waals surface area contributed by atoms with Crippen LogP contribution in [0.3, 0.4) is 0 Å². The first-order chi connectivity index (χ1) is 12.4. The smallest absolute Gasteiger partial charge is 0.147 e. The summed E-state index contributed by atoms with van der Waals surface area (Å²) in [5.41, 5.74) is 0.673. The molecular formula is C22H28BrClO2. The maximum Gasteiger partial charge on any atom is 0.147 e. The summed E-state index contributed by atoms with van der Waals surface area (Å²) >= 11 is 8.97. The van der Waals surface area contributed by atoms with Crippen molar-refractivity contribution in [3.63, 3.8) is 0 Å². The Morgan fingerprint density at radius 3 is 2.85 bits per heavy atom. The predicted octanol–water partition coefficient (Wildman–Crippen LogP) is 5.07. The SMILES string of the molecule is CC12CCC3C4CCC(O)(C#CCl)CC4=CCC3C1CCC2C(=O)CBr.